The summed E-state index contributed by atoms with van der Waals surface area (Å²) in [6.45, 7) is 7.49. The number of hydrazine groups is 1. The van der Waals surface area contributed by atoms with Crippen molar-refractivity contribution in [3.63, 3.8) is 0 Å². The maximum absolute atomic E-state index is 3.57. The van der Waals surface area contributed by atoms with Gasteiger partial charge in [-0.3, -0.25) is 0 Å². The molecule has 2 aliphatic rings. The number of hydrogen-bond donors (Lipinski definition) is 1. The minimum atomic E-state index is 0.682. The Morgan fingerprint density at radius 3 is 2.43 bits per heavy atom. The van der Waals surface area contributed by atoms with E-state index in [4.69, 9.17) is 0 Å². The fraction of sp³-hybridized carbons (Fsp3) is 1.00. The summed E-state index contributed by atoms with van der Waals surface area (Å²) in [6, 6.07) is 2.16. The molecular formula is C11H25N3. The first-order chi connectivity index (χ1) is 6.70. The van der Waals surface area contributed by atoms with Gasteiger partial charge in [0.2, 0.25) is 0 Å². The van der Waals surface area contributed by atoms with Crippen LogP contribution in [0.5, 0.6) is 0 Å². The van der Waals surface area contributed by atoms with Gasteiger partial charge in [0.25, 0.3) is 0 Å². The molecule has 2 heterocycles. The third-order valence-corrected chi connectivity index (χ3v) is 3.52. The Balaban J connectivity index is 0.000000461. The van der Waals surface area contributed by atoms with Gasteiger partial charge in [0.05, 0.1) is 0 Å². The van der Waals surface area contributed by atoms with E-state index in [2.05, 4.69) is 36.4 Å². The molecule has 84 valence electrons. The highest BCUT2D eigenvalue weighted by atomic mass is 15.6. The van der Waals surface area contributed by atoms with Crippen LogP contribution in [0.3, 0.4) is 0 Å². The van der Waals surface area contributed by atoms with Crippen LogP contribution < -0.4 is 5.32 Å². The Labute approximate surface area is 88.4 Å². The Kier molecular flexibility index (Phi) is 4.35. The highest BCUT2D eigenvalue weighted by Gasteiger charge is 2.38. The maximum atomic E-state index is 3.57. The van der Waals surface area contributed by atoms with E-state index in [1.54, 1.807) is 0 Å². The largest absolute Gasteiger partial charge is 0.312 e. The molecule has 2 saturated heterocycles. The van der Waals surface area contributed by atoms with Crippen LogP contribution in [0.15, 0.2) is 0 Å². The minimum absolute atomic E-state index is 0.682. The Morgan fingerprint density at radius 2 is 1.79 bits per heavy atom. The van der Waals surface area contributed by atoms with Crippen molar-refractivity contribution >= 4 is 0 Å². The van der Waals surface area contributed by atoms with Crippen LogP contribution >= 0.6 is 0 Å². The number of hydrogen-bond acceptors (Lipinski definition) is 3. The molecule has 2 aliphatic heterocycles. The van der Waals surface area contributed by atoms with Gasteiger partial charge in [0.1, 0.15) is 0 Å². The van der Waals surface area contributed by atoms with Crippen LogP contribution in [0.2, 0.25) is 0 Å². The Hall–Kier alpha value is -0.120. The molecule has 0 bridgehead atoms. The second kappa shape index (κ2) is 5.10. The quantitative estimate of drug-likeness (QED) is 0.635. The van der Waals surface area contributed by atoms with Gasteiger partial charge in [-0.2, -0.15) is 0 Å². The monoisotopic (exact) mass is 199 g/mol. The topological polar surface area (TPSA) is 18.5 Å². The molecule has 2 rings (SSSR count). The summed E-state index contributed by atoms with van der Waals surface area (Å²) in [7, 11) is 4.40. The van der Waals surface area contributed by atoms with Gasteiger partial charge in [-0.1, -0.05) is 13.8 Å². The van der Waals surface area contributed by atoms with Crippen molar-refractivity contribution in [3.8, 4) is 0 Å². The second-order valence-corrected chi connectivity index (χ2v) is 4.15. The van der Waals surface area contributed by atoms with E-state index < -0.39 is 0 Å². The van der Waals surface area contributed by atoms with Crippen LogP contribution in [0.1, 0.15) is 33.6 Å². The average Bonchev–Trinajstić information content (AvgIpc) is 2.65. The zero-order valence-electron chi connectivity index (χ0n) is 10.2. The van der Waals surface area contributed by atoms with E-state index in [9.17, 15) is 0 Å². The lowest BCUT2D eigenvalue weighted by Gasteiger charge is -2.45. The maximum Gasteiger partial charge on any atom is 0.0408 e. The van der Waals surface area contributed by atoms with Crippen molar-refractivity contribution in [1.29, 1.82) is 0 Å². The summed E-state index contributed by atoms with van der Waals surface area (Å²) in [5, 5.41) is 8.34. The van der Waals surface area contributed by atoms with Gasteiger partial charge < -0.3 is 5.32 Å². The summed E-state index contributed by atoms with van der Waals surface area (Å²) in [4.78, 5) is 0. The first kappa shape index (κ1) is 12.0. The fourth-order valence-electron chi connectivity index (χ4n) is 2.51. The lowest BCUT2D eigenvalue weighted by Crippen LogP contribution is -2.58. The summed E-state index contributed by atoms with van der Waals surface area (Å²) in [5.41, 5.74) is 0. The minimum Gasteiger partial charge on any atom is -0.312 e. The summed E-state index contributed by atoms with van der Waals surface area (Å²) in [6.07, 6.45) is 2.60. The predicted molar refractivity (Wildman–Crippen MR) is 61.1 cm³/mol. The molecule has 3 atom stereocenters. The molecule has 0 aliphatic carbocycles. The van der Waals surface area contributed by atoms with E-state index in [0.29, 0.717) is 6.04 Å². The van der Waals surface area contributed by atoms with Crippen molar-refractivity contribution in [2.45, 2.75) is 51.7 Å². The molecule has 2 fully saturated rings. The van der Waals surface area contributed by atoms with Crippen molar-refractivity contribution < 1.29 is 0 Å². The van der Waals surface area contributed by atoms with Crippen molar-refractivity contribution in [1.82, 2.24) is 15.3 Å². The van der Waals surface area contributed by atoms with Gasteiger partial charge in [-0.15, -0.1) is 0 Å². The number of rotatable bonds is 0. The molecule has 0 spiro atoms. The van der Waals surface area contributed by atoms with Crippen LogP contribution in [0.25, 0.3) is 0 Å². The van der Waals surface area contributed by atoms with E-state index in [1.165, 1.54) is 19.4 Å². The summed E-state index contributed by atoms with van der Waals surface area (Å²) >= 11 is 0. The zero-order chi connectivity index (χ0) is 10.7. The number of likely N-dealkylation sites (N-methyl/N-ethyl adjacent to an activating group) is 1. The van der Waals surface area contributed by atoms with E-state index in [1.807, 2.05) is 13.8 Å². The average molecular weight is 199 g/mol. The first-order valence-electron chi connectivity index (χ1n) is 5.89. The van der Waals surface area contributed by atoms with Crippen LogP contribution in [-0.4, -0.2) is 48.8 Å². The standard InChI is InChI=1S/C9H19N3.C2H6/c1-7-6-8-9(4-5-10-8)12(3)11(7)2;1-2/h7-10H,4-6H2,1-3H3;1-2H3. The number of fused-ring (bicyclic) bond motifs is 1. The van der Waals surface area contributed by atoms with E-state index >= 15 is 0 Å². The number of nitrogens with zero attached hydrogens (tertiary/aromatic N) is 2. The van der Waals surface area contributed by atoms with Crippen LogP contribution in [0.4, 0.5) is 0 Å². The van der Waals surface area contributed by atoms with Gasteiger partial charge in [-0.05, 0) is 26.3 Å². The molecule has 3 unspecified atom stereocenters. The molecule has 3 nitrogen and oxygen atoms in total. The molecule has 0 aromatic rings. The van der Waals surface area contributed by atoms with Gasteiger partial charge in [-0.25, -0.2) is 10.0 Å². The molecule has 14 heavy (non-hydrogen) atoms. The second-order valence-electron chi connectivity index (χ2n) is 4.15. The molecule has 1 N–H and O–H groups in total. The molecule has 0 saturated carbocycles. The third-order valence-electron chi connectivity index (χ3n) is 3.52. The highest BCUT2D eigenvalue weighted by Crippen LogP contribution is 2.25. The van der Waals surface area contributed by atoms with Gasteiger partial charge in [0, 0.05) is 32.2 Å². The van der Waals surface area contributed by atoms with Crippen LogP contribution in [0, 0.1) is 0 Å². The molecule has 3 heteroatoms. The first-order valence-corrected chi connectivity index (χ1v) is 5.89. The lowest BCUT2D eigenvalue weighted by molar-refractivity contribution is -0.0835. The van der Waals surface area contributed by atoms with Crippen molar-refractivity contribution in [3.05, 3.63) is 0 Å². The highest BCUT2D eigenvalue weighted by molar-refractivity contribution is 4.94. The fourth-order valence-corrected chi connectivity index (χ4v) is 2.51. The molecular weight excluding hydrogens is 174 g/mol. The van der Waals surface area contributed by atoms with E-state index in [-0.39, 0.29) is 0 Å². The zero-order valence-corrected chi connectivity index (χ0v) is 10.2. The predicted octanol–water partition coefficient (Wildman–Crippen LogP) is 1.31. The van der Waals surface area contributed by atoms with Gasteiger partial charge >= 0.3 is 0 Å². The molecule has 0 aromatic carbocycles. The summed E-state index contributed by atoms with van der Waals surface area (Å²) in [5.74, 6) is 0. The van der Waals surface area contributed by atoms with Crippen LogP contribution in [-0.2, 0) is 0 Å². The Bertz CT molecular complexity index is 172. The molecule has 0 amide bonds. The molecule has 0 radical (unpaired) electrons. The smallest absolute Gasteiger partial charge is 0.0408 e. The van der Waals surface area contributed by atoms with Crippen molar-refractivity contribution in [2.75, 3.05) is 20.6 Å². The Morgan fingerprint density at radius 1 is 1.14 bits per heavy atom. The lowest BCUT2D eigenvalue weighted by atomic mass is 9.99. The molecule has 0 aromatic heterocycles. The van der Waals surface area contributed by atoms with Crippen molar-refractivity contribution in [2.24, 2.45) is 0 Å². The normalized spacial score (nSPS) is 38.8. The SMILES string of the molecule is CC.CC1CC2NCCC2N(C)N1C. The van der Waals surface area contributed by atoms with E-state index in [0.717, 1.165) is 12.1 Å². The summed E-state index contributed by atoms with van der Waals surface area (Å²) < 4.78 is 0. The number of nitrogens with one attached hydrogen (secondary N) is 1. The third kappa shape index (κ3) is 2.10. The van der Waals surface area contributed by atoms with Gasteiger partial charge in [0.15, 0.2) is 0 Å².